The van der Waals surface area contributed by atoms with E-state index in [1.807, 2.05) is 26.8 Å². The molecule has 1 heterocycles. The Labute approximate surface area is 197 Å². The lowest BCUT2D eigenvalue weighted by Crippen LogP contribution is -2.44. The Bertz CT molecular complexity index is 1330. The highest BCUT2D eigenvalue weighted by molar-refractivity contribution is 8.00. The van der Waals surface area contributed by atoms with Crippen molar-refractivity contribution in [3.05, 3.63) is 64.4 Å². The lowest BCUT2D eigenvalue weighted by Gasteiger charge is -2.23. The van der Waals surface area contributed by atoms with E-state index in [4.69, 9.17) is 5.14 Å². The quantitative estimate of drug-likeness (QED) is 0.389. The van der Waals surface area contributed by atoms with E-state index >= 15 is 0 Å². The maximum atomic E-state index is 13.2. The molecule has 176 valence electrons. The topological polar surface area (TPSA) is 124 Å². The lowest BCUT2D eigenvalue weighted by atomic mass is 10.1. The maximum Gasteiger partial charge on any atom is 0.262 e. The SMILES string of the molecule is C[C@@H](Sc1nc2ccccc2c(=O)n1CCc1ccc(S(N)(=O)=O)cc1)C(=O)NC(C)(C)C. The third kappa shape index (κ3) is 6.43. The molecule has 0 saturated heterocycles. The summed E-state index contributed by atoms with van der Waals surface area (Å²) in [5, 5.41) is 8.60. The Kier molecular flexibility index (Phi) is 7.30. The number of nitrogens with two attached hydrogens (primary N) is 1. The minimum Gasteiger partial charge on any atom is -0.351 e. The maximum absolute atomic E-state index is 13.2. The molecule has 3 N–H and O–H groups in total. The smallest absolute Gasteiger partial charge is 0.262 e. The van der Waals surface area contributed by atoms with E-state index in [2.05, 4.69) is 10.3 Å². The molecule has 3 aromatic rings. The second-order valence-corrected chi connectivity index (χ2v) is 11.7. The van der Waals surface area contributed by atoms with Crippen molar-refractivity contribution in [1.29, 1.82) is 0 Å². The van der Waals surface area contributed by atoms with Crippen LogP contribution in [0, 0.1) is 0 Å². The largest absolute Gasteiger partial charge is 0.351 e. The molecule has 8 nitrogen and oxygen atoms in total. The summed E-state index contributed by atoms with van der Waals surface area (Å²) >= 11 is 1.23. The van der Waals surface area contributed by atoms with Crippen LogP contribution in [-0.2, 0) is 27.8 Å². The Balaban J connectivity index is 1.91. The summed E-state index contributed by atoms with van der Waals surface area (Å²) in [5.74, 6) is -0.139. The fraction of sp³-hybridized carbons (Fsp3) is 0.348. The number of hydrogen-bond donors (Lipinski definition) is 2. The minimum atomic E-state index is -3.77. The van der Waals surface area contributed by atoms with Crippen LogP contribution in [0.25, 0.3) is 10.9 Å². The molecular formula is C23H28N4O4S2. The number of benzene rings is 2. The van der Waals surface area contributed by atoms with Gasteiger partial charge in [0.1, 0.15) is 0 Å². The van der Waals surface area contributed by atoms with Crippen molar-refractivity contribution in [2.24, 2.45) is 5.14 Å². The molecular weight excluding hydrogens is 460 g/mol. The standard InChI is InChI=1S/C23H28N4O4S2/c1-15(20(28)26-23(2,3)4)32-22-25-19-8-6-5-7-18(19)21(29)27(22)14-13-16-9-11-17(12-10-16)33(24,30)31/h5-12,15H,13-14H2,1-4H3,(H,26,28)(H2,24,30,31)/t15-/m1/s1. The number of aryl methyl sites for hydroxylation is 1. The van der Waals surface area contributed by atoms with E-state index in [0.29, 0.717) is 29.0 Å². The summed E-state index contributed by atoms with van der Waals surface area (Å²) in [6.07, 6.45) is 0.473. The van der Waals surface area contributed by atoms with Crippen LogP contribution in [0.2, 0.25) is 0 Å². The molecule has 1 atom stereocenters. The Morgan fingerprint density at radius 1 is 1.15 bits per heavy atom. The van der Waals surface area contributed by atoms with Crippen molar-refractivity contribution in [3.8, 4) is 0 Å². The van der Waals surface area contributed by atoms with Crippen molar-refractivity contribution in [3.63, 3.8) is 0 Å². The van der Waals surface area contributed by atoms with Crippen LogP contribution in [0.4, 0.5) is 0 Å². The molecule has 33 heavy (non-hydrogen) atoms. The molecule has 0 radical (unpaired) electrons. The van der Waals surface area contributed by atoms with E-state index in [9.17, 15) is 18.0 Å². The van der Waals surface area contributed by atoms with Gasteiger partial charge in [0.15, 0.2) is 5.16 Å². The van der Waals surface area contributed by atoms with Crippen molar-refractivity contribution < 1.29 is 13.2 Å². The predicted octanol–water partition coefficient (Wildman–Crippen LogP) is 2.68. The lowest BCUT2D eigenvalue weighted by molar-refractivity contribution is -0.121. The first-order valence-electron chi connectivity index (χ1n) is 10.5. The van der Waals surface area contributed by atoms with Gasteiger partial charge in [-0.25, -0.2) is 18.5 Å². The number of primary sulfonamides is 1. The second-order valence-electron chi connectivity index (χ2n) is 8.81. The molecule has 0 aliphatic carbocycles. The van der Waals surface area contributed by atoms with E-state index in [-0.39, 0.29) is 21.9 Å². The van der Waals surface area contributed by atoms with Gasteiger partial charge >= 0.3 is 0 Å². The van der Waals surface area contributed by atoms with Crippen molar-refractivity contribution in [1.82, 2.24) is 14.9 Å². The van der Waals surface area contributed by atoms with Gasteiger partial charge in [-0.05, 0) is 63.9 Å². The van der Waals surface area contributed by atoms with Crippen LogP contribution >= 0.6 is 11.8 Å². The van der Waals surface area contributed by atoms with Crippen LogP contribution in [0.15, 0.2) is 63.4 Å². The molecule has 10 heteroatoms. The number of carbonyl (C=O) groups excluding carboxylic acids is 1. The molecule has 1 aromatic heterocycles. The van der Waals surface area contributed by atoms with Gasteiger partial charge in [-0.15, -0.1) is 0 Å². The molecule has 0 bridgehead atoms. The zero-order chi connectivity index (χ0) is 24.4. The van der Waals surface area contributed by atoms with Gasteiger partial charge in [0.2, 0.25) is 15.9 Å². The van der Waals surface area contributed by atoms with Gasteiger partial charge in [-0.3, -0.25) is 14.2 Å². The number of thioether (sulfide) groups is 1. The number of nitrogens with zero attached hydrogens (tertiary/aromatic N) is 2. The first-order chi connectivity index (χ1) is 15.3. The fourth-order valence-corrected chi connectivity index (χ4v) is 4.65. The van der Waals surface area contributed by atoms with E-state index in [0.717, 1.165) is 5.56 Å². The highest BCUT2D eigenvalue weighted by Gasteiger charge is 2.23. The first kappa shape index (κ1) is 24.9. The van der Waals surface area contributed by atoms with E-state index in [1.54, 1.807) is 41.8 Å². The number of hydrogen-bond acceptors (Lipinski definition) is 6. The summed E-state index contributed by atoms with van der Waals surface area (Å²) < 4.78 is 24.5. The molecule has 1 amide bonds. The molecule has 0 saturated carbocycles. The Morgan fingerprint density at radius 3 is 2.39 bits per heavy atom. The second kappa shape index (κ2) is 9.66. The van der Waals surface area contributed by atoms with Crippen LogP contribution in [0.1, 0.15) is 33.3 Å². The predicted molar refractivity (Wildman–Crippen MR) is 131 cm³/mol. The summed E-state index contributed by atoms with van der Waals surface area (Å²) in [5.41, 5.74) is 0.859. The number of nitrogens with one attached hydrogen (secondary N) is 1. The number of rotatable bonds is 7. The molecule has 0 aliphatic heterocycles. The zero-order valence-corrected chi connectivity index (χ0v) is 20.7. The molecule has 3 rings (SSSR count). The monoisotopic (exact) mass is 488 g/mol. The number of carbonyl (C=O) groups is 1. The fourth-order valence-electron chi connectivity index (χ4n) is 3.20. The van der Waals surface area contributed by atoms with Gasteiger partial charge in [0.25, 0.3) is 5.56 Å². The third-order valence-corrected chi connectivity index (χ3v) is 6.87. The van der Waals surface area contributed by atoms with Crippen molar-refractivity contribution in [2.45, 2.75) is 61.5 Å². The van der Waals surface area contributed by atoms with Gasteiger partial charge in [-0.2, -0.15) is 0 Å². The average molecular weight is 489 g/mol. The summed E-state index contributed by atoms with van der Waals surface area (Å²) in [6.45, 7) is 7.83. The molecule has 0 aliphatic rings. The summed E-state index contributed by atoms with van der Waals surface area (Å²) in [6, 6.07) is 13.3. The Morgan fingerprint density at radius 2 is 1.79 bits per heavy atom. The van der Waals surface area contributed by atoms with Crippen molar-refractivity contribution >= 4 is 38.6 Å². The van der Waals surface area contributed by atoms with Gasteiger partial charge in [0.05, 0.1) is 21.0 Å². The van der Waals surface area contributed by atoms with Crippen LogP contribution in [-0.4, -0.2) is 34.7 Å². The number of amides is 1. The van der Waals surface area contributed by atoms with E-state index < -0.39 is 15.3 Å². The Hall–Kier alpha value is -2.69. The van der Waals surface area contributed by atoms with Crippen LogP contribution < -0.4 is 16.0 Å². The van der Waals surface area contributed by atoms with Gasteiger partial charge < -0.3 is 5.32 Å². The van der Waals surface area contributed by atoms with Gasteiger partial charge in [0, 0.05) is 12.1 Å². The number of para-hydroxylation sites is 1. The zero-order valence-electron chi connectivity index (χ0n) is 19.0. The molecule has 2 aromatic carbocycles. The summed E-state index contributed by atoms with van der Waals surface area (Å²) in [4.78, 5) is 30.6. The number of fused-ring (bicyclic) bond motifs is 1. The van der Waals surface area contributed by atoms with E-state index in [1.165, 1.54) is 23.9 Å². The van der Waals surface area contributed by atoms with Crippen molar-refractivity contribution in [2.75, 3.05) is 0 Å². The normalized spacial score (nSPS) is 13.1. The van der Waals surface area contributed by atoms with Crippen LogP contribution in [0.5, 0.6) is 0 Å². The number of aromatic nitrogens is 2. The summed E-state index contributed by atoms with van der Waals surface area (Å²) in [7, 11) is -3.77. The van der Waals surface area contributed by atoms with Crippen LogP contribution in [0.3, 0.4) is 0 Å². The average Bonchev–Trinajstić information content (AvgIpc) is 2.72. The molecule has 0 spiro atoms. The van der Waals surface area contributed by atoms with Gasteiger partial charge in [-0.1, -0.05) is 36.0 Å². The minimum absolute atomic E-state index is 0.0331. The molecule has 0 fully saturated rings. The number of sulfonamides is 1. The highest BCUT2D eigenvalue weighted by atomic mass is 32.2. The molecule has 0 unspecified atom stereocenters. The third-order valence-electron chi connectivity index (χ3n) is 4.85. The highest BCUT2D eigenvalue weighted by Crippen LogP contribution is 2.23. The first-order valence-corrected chi connectivity index (χ1v) is 12.9.